The van der Waals surface area contributed by atoms with E-state index in [0.717, 1.165) is 36.5 Å². The zero-order valence-corrected chi connectivity index (χ0v) is 16.0. The maximum atomic E-state index is 12.6. The van der Waals surface area contributed by atoms with E-state index in [9.17, 15) is 10.1 Å². The van der Waals surface area contributed by atoms with Gasteiger partial charge in [0.05, 0.1) is 5.03 Å². The third kappa shape index (κ3) is 3.02. The summed E-state index contributed by atoms with van der Waals surface area (Å²) in [6.07, 6.45) is 3.43. The summed E-state index contributed by atoms with van der Waals surface area (Å²) in [5.74, 6) is 1.68. The first-order valence-electron chi connectivity index (χ1n) is 9.11. The monoisotopic (exact) mass is 379 g/mol. The second kappa shape index (κ2) is 6.82. The van der Waals surface area contributed by atoms with Crippen molar-refractivity contribution < 1.29 is 9.21 Å². The number of nitriles is 1. The van der Waals surface area contributed by atoms with Crippen LogP contribution in [0.25, 0.3) is 0 Å². The Kier molecular flexibility index (Phi) is 4.48. The number of nitrogens with zero attached hydrogens (tertiary/aromatic N) is 2. The molecule has 1 amide bonds. The molecule has 1 aromatic carbocycles. The van der Waals surface area contributed by atoms with E-state index in [4.69, 9.17) is 4.42 Å². The molecule has 0 saturated heterocycles. The number of amides is 1. The fourth-order valence-electron chi connectivity index (χ4n) is 4.28. The molecule has 2 heterocycles. The third-order valence-corrected chi connectivity index (χ3v) is 5.88. The van der Waals surface area contributed by atoms with Crippen molar-refractivity contribution in [3.05, 3.63) is 64.6 Å². The number of rotatable bonds is 2. The molecule has 5 nitrogen and oxygen atoms in total. The molecule has 2 unspecified atom stereocenters. The molecule has 27 heavy (non-hydrogen) atoms. The molecule has 2 atom stereocenters. The molecule has 4 rings (SSSR count). The molecule has 2 aliphatic rings. The Morgan fingerprint density at radius 2 is 2.07 bits per heavy atom. The summed E-state index contributed by atoms with van der Waals surface area (Å²) in [5, 5.41) is 13.0. The maximum Gasteiger partial charge on any atom is 0.266 e. The van der Waals surface area contributed by atoms with E-state index in [1.807, 2.05) is 60.4 Å². The lowest BCUT2D eigenvalue weighted by molar-refractivity contribution is -0.120. The summed E-state index contributed by atoms with van der Waals surface area (Å²) in [5.41, 5.74) is 0.328. The lowest BCUT2D eigenvalue weighted by Crippen LogP contribution is -2.65. The molecule has 1 spiro atoms. The van der Waals surface area contributed by atoms with E-state index in [0.29, 0.717) is 11.4 Å². The molecule has 1 saturated carbocycles. The quantitative estimate of drug-likeness (QED) is 0.766. The number of hydrogen-bond acceptors (Lipinski definition) is 5. The summed E-state index contributed by atoms with van der Waals surface area (Å²) in [7, 11) is 0. The SMILES string of the molecule is Cc1ccc(C2CCCC3(C2)NC(=O)C(C#N)=C(S)N3c2ccccc2)o1. The Bertz CT molecular complexity index is 944. The highest BCUT2D eigenvalue weighted by molar-refractivity contribution is 7.84. The van der Waals surface area contributed by atoms with Gasteiger partial charge >= 0.3 is 0 Å². The standard InChI is InChI=1S/C21H21N3O2S/c1-14-9-10-18(26-14)15-6-5-11-21(12-15)23-19(25)17(13-22)20(27)24(21)16-7-3-2-4-8-16/h2-4,7-10,15,27H,5-6,11-12H2,1H3,(H,23,25). The minimum Gasteiger partial charge on any atom is -0.466 e. The Morgan fingerprint density at radius 1 is 1.30 bits per heavy atom. The number of carbonyl (C=O) groups excluding carboxylic acids is 1. The van der Waals surface area contributed by atoms with Crippen LogP contribution in [0.4, 0.5) is 5.69 Å². The number of furan rings is 1. The van der Waals surface area contributed by atoms with Crippen molar-refractivity contribution in [3.63, 3.8) is 0 Å². The van der Waals surface area contributed by atoms with E-state index < -0.39 is 5.66 Å². The van der Waals surface area contributed by atoms with Crippen molar-refractivity contribution in [3.8, 4) is 6.07 Å². The van der Waals surface area contributed by atoms with Gasteiger partial charge in [-0.3, -0.25) is 4.79 Å². The number of thiol groups is 1. The molecule has 0 bridgehead atoms. The zero-order valence-electron chi connectivity index (χ0n) is 15.1. The van der Waals surface area contributed by atoms with Crippen LogP contribution in [0.15, 0.2) is 57.5 Å². The van der Waals surface area contributed by atoms with Crippen molar-refractivity contribution in [2.24, 2.45) is 0 Å². The number of benzene rings is 1. The lowest BCUT2D eigenvalue weighted by atomic mass is 9.77. The van der Waals surface area contributed by atoms with Crippen LogP contribution in [-0.2, 0) is 4.79 Å². The molecule has 1 aliphatic heterocycles. The summed E-state index contributed by atoms with van der Waals surface area (Å²) in [4.78, 5) is 14.7. The van der Waals surface area contributed by atoms with Gasteiger partial charge in [0.2, 0.25) is 0 Å². The predicted octanol–water partition coefficient (Wildman–Crippen LogP) is 4.24. The number of anilines is 1. The minimum absolute atomic E-state index is 0.0452. The molecule has 0 radical (unpaired) electrons. The van der Waals surface area contributed by atoms with Gasteiger partial charge in [0.25, 0.3) is 5.91 Å². The first kappa shape index (κ1) is 17.7. The van der Waals surface area contributed by atoms with E-state index in [1.54, 1.807) is 0 Å². The fraction of sp³-hybridized carbons (Fsp3) is 0.333. The summed E-state index contributed by atoms with van der Waals surface area (Å²) in [6, 6.07) is 15.8. The number of aryl methyl sites for hydroxylation is 1. The normalized spacial score (nSPS) is 25.4. The van der Waals surface area contributed by atoms with Crippen molar-refractivity contribution in [1.82, 2.24) is 5.32 Å². The average molecular weight is 379 g/mol. The van der Waals surface area contributed by atoms with Crippen molar-refractivity contribution in [2.45, 2.75) is 44.2 Å². The fourth-order valence-corrected chi connectivity index (χ4v) is 4.74. The summed E-state index contributed by atoms with van der Waals surface area (Å²) >= 11 is 4.61. The highest BCUT2D eigenvalue weighted by Gasteiger charge is 2.48. The average Bonchev–Trinajstić information content (AvgIpc) is 3.09. The van der Waals surface area contributed by atoms with E-state index in [-0.39, 0.29) is 17.4 Å². The van der Waals surface area contributed by atoms with Crippen LogP contribution in [0.3, 0.4) is 0 Å². The van der Waals surface area contributed by atoms with Crippen LogP contribution in [-0.4, -0.2) is 11.6 Å². The molecular formula is C21H21N3O2S. The number of para-hydroxylation sites is 1. The highest BCUT2D eigenvalue weighted by atomic mass is 32.1. The van der Waals surface area contributed by atoms with Crippen molar-refractivity contribution >= 4 is 24.2 Å². The molecule has 1 aromatic heterocycles. The lowest BCUT2D eigenvalue weighted by Gasteiger charge is -2.51. The van der Waals surface area contributed by atoms with Crippen LogP contribution < -0.4 is 10.2 Å². The predicted molar refractivity (Wildman–Crippen MR) is 106 cm³/mol. The van der Waals surface area contributed by atoms with Gasteiger partial charge in [-0.1, -0.05) is 18.2 Å². The van der Waals surface area contributed by atoms with Gasteiger partial charge in [-0.15, -0.1) is 12.6 Å². The number of carbonyl (C=O) groups is 1. The molecule has 138 valence electrons. The van der Waals surface area contributed by atoms with Gasteiger partial charge in [0, 0.05) is 11.6 Å². The molecule has 2 aromatic rings. The number of hydrogen-bond donors (Lipinski definition) is 2. The summed E-state index contributed by atoms with van der Waals surface area (Å²) < 4.78 is 5.88. The minimum atomic E-state index is -0.626. The van der Waals surface area contributed by atoms with Crippen LogP contribution in [0.1, 0.15) is 43.1 Å². The molecule has 6 heteroatoms. The van der Waals surface area contributed by atoms with Gasteiger partial charge < -0.3 is 14.6 Å². The van der Waals surface area contributed by atoms with Crippen molar-refractivity contribution in [1.29, 1.82) is 5.26 Å². The van der Waals surface area contributed by atoms with Crippen LogP contribution in [0.2, 0.25) is 0 Å². The first-order chi connectivity index (χ1) is 13.0. The Morgan fingerprint density at radius 3 is 2.74 bits per heavy atom. The van der Waals surface area contributed by atoms with E-state index in [2.05, 4.69) is 17.9 Å². The Balaban J connectivity index is 1.80. The smallest absolute Gasteiger partial charge is 0.266 e. The Labute approximate surface area is 164 Å². The molecule has 1 fully saturated rings. The van der Waals surface area contributed by atoms with Crippen LogP contribution in [0, 0.1) is 18.3 Å². The van der Waals surface area contributed by atoms with Gasteiger partial charge in [0.1, 0.15) is 28.8 Å². The van der Waals surface area contributed by atoms with Gasteiger partial charge in [-0.05, 0) is 56.9 Å². The molecule has 1 aliphatic carbocycles. The van der Waals surface area contributed by atoms with E-state index >= 15 is 0 Å². The van der Waals surface area contributed by atoms with Gasteiger partial charge in [0.15, 0.2) is 0 Å². The van der Waals surface area contributed by atoms with Gasteiger partial charge in [-0.25, -0.2) is 0 Å². The third-order valence-electron chi connectivity index (χ3n) is 5.45. The zero-order chi connectivity index (χ0) is 19.0. The number of nitrogens with one attached hydrogen (secondary N) is 1. The second-order valence-corrected chi connectivity index (χ2v) is 7.63. The summed E-state index contributed by atoms with van der Waals surface area (Å²) in [6.45, 7) is 1.94. The largest absolute Gasteiger partial charge is 0.466 e. The molecule has 1 N–H and O–H groups in total. The second-order valence-electron chi connectivity index (χ2n) is 7.21. The topological polar surface area (TPSA) is 69.3 Å². The van der Waals surface area contributed by atoms with Crippen LogP contribution >= 0.6 is 12.6 Å². The van der Waals surface area contributed by atoms with Crippen LogP contribution in [0.5, 0.6) is 0 Å². The highest BCUT2D eigenvalue weighted by Crippen LogP contribution is 2.46. The van der Waals surface area contributed by atoms with Gasteiger partial charge in [-0.2, -0.15) is 5.26 Å². The first-order valence-corrected chi connectivity index (χ1v) is 9.56. The van der Waals surface area contributed by atoms with Crippen molar-refractivity contribution in [2.75, 3.05) is 4.90 Å². The molecular weight excluding hydrogens is 358 g/mol. The maximum absolute atomic E-state index is 12.6. The van der Waals surface area contributed by atoms with E-state index in [1.165, 1.54) is 0 Å². The Hall–Kier alpha value is -2.65.